The maximum Gasteiger partial charge on any atom is 0.132 e. The van der Waals surface area contributed by atoms with E-state index in [9.17, 15) is 5.11 Å². The van der Waals surface area contributed by atoms with E-state index in [1.807, 2.05) is 18.2 Å². The zero-order valence-electron chi connectivity index (χ0n) is 9.77. The maximum atomic E-state index is 9.24. The van der Waals surface area contributed by atoms with Gasteiger partial charge in [0, 0.05) is 22.7 Å². The van der Waals surface area contributed by atoms with Gasteiger partial charge in [0.05, 0.1) is 6.61 Å². The first-order valence-corrected chi connectivity index (χ1v) is 5.97. The summed E-state index contributed by atoms with van der Waals surface area (Å²) in [6, 6.07) is 12.6. The highest BCUT2D eigenvalue weighted by Crippen LogP contribution is 2.29. The Morgan fingerprint density at radius 3 is 2.50 bits per heavy atom. The Bertz CT molecular complexity index is 543. The molecule has 3 N–H and O–H groups in total. The third-order valence-electron chi connectivity index (χ3n) is 2.61. The molecular formula is C14H14ClNO2. The van der Waals surface area contributed by atoms with Gasteiger partial charge in [-0.2, -0.15) is 0 Å². The molecule has 0 atom stereocenters. The van der Waals surface area contributed by atoms with E-state index >= 15 is 0 Å². The fraction of sp³-hybridized carbons (Fsp3) is 0.143. The maximum absolute atomic E-state index is 9.24. The van der Waals surface area contributed by atoms with Crippen LogP contribution in [-0.2, 0) is 13.2 Å². The summed E-state index contributed by atoms with van der Waals surface area (Å²) in [7, 11) is 0. The van der Waals surface area contributed by atoms with Crippen LogP contribution in [0.3, 0.4) is 0 Å². The lowest BCUT2D eigenvalue weighted by molar-refractivity contribution is 0.276. The fourth-order valence-electron chi connectivity index (χ4n) is 1.66. The van der Waals surface area contributed by atoms with Crippen LogP contribution in [0.5, 0.6) is 11.5 Å². The van der Waals surface area contributed by atoms with E-state index in [0.29, 0.717) is 23.1 Å². The Labute approximate surface area is 111 Å². The molecule has 3 nitrogen and oxygen atoms in total. The van der Waals surface area contributed by atoms with Crippen LogP contribution in [0.15, 0.2) is 42.5 Å². The number of halogens is 1. The predicted molar refractivity (Wildman–Crippen MR) is 71.8 cm³/mol. The average molecular weight is 264 g/mol. The molecule has 0 aliphatic carbocycles. The number of ether oxygens (including phenoxy) is 1. The van der Waals surface area contributed by atoms with E-state index in [4.69, 9.17) is 22.1 Å². The minimum Gasteiger partial charge on any atom is -0.457 e. The van der Waals surface area contributed by atoms with E-state index in [0.717, 1.165) is 11.1 Å². The summed E-state index contributed by atoms with van der Waals surface area (Å²) >= 11 is 5.91. The first-order valence-electron chi connectivity index (χ1n) is 5.59. The SMILES string of the molecule is NCc1cc(Cl)ccc1Oc1ccccc1CO. The largest absolute Gasteiger partial charge is 0.457 e. The van der Waals surface area contributed by atoms with Crippen LogP contribution >= 0.6 is 11.6 Å². The highest BCUT2D eigenvalue weighted by atomic mass is 35.5. The molecule has 0 saturated heterocycles. The van der Waals surface area contributed by atoms with Crippen LogP contribution in [-0.4, -0.2) is 5.11 Å². The fourth-order valence-corrected chi connectivity index (χ4v) is 1.85. The number of aliphatic hydroxyl groups excluding tert-OH is 1. The molecule has 2 aromatic rings. The summed E-state index contributed by atoms with van der Waals surface area (Å²) in [6.45, 7) is 0.277. The molecule has 0 spiro atoms. The predicted octanol–water partition coefficient (Wildman–Crippen LogP) is 3.08. The van der Waals surface area contributed by atoms with Crippen molar-refractivity contribution in [3.63, 3.8) is 0 Å². The van der Waals surface area contributed by atoms with Crippen LogP contribution in [0, 0.1) is 0 Å². The third-order valence-corrected chi connectivity index (χ3v) is 2.84. The monoisotopic (exact) mass is 263 g/mol. The average Bonchev–Trinajstić information content (AvgIpc) is 2.41. The molecule has 0 fully saturated rings. The first-order chi connectivity index (χ1) is 8.74. The van der Waals surface area contributed by atoms with Crippen LogP contribution < -0.4 is 10.5 Å². The molecule has 2 rings (SSSR count). The van der Waals surface area contributed by atoms with Gasteiger partial charge in [0.2, 0.25) is 0 Å². The van der Waals surface area contributed by atoms with Gasteiger partial charge in [0.1, 0.15) is 11.5 Å². The number of rotatable bonds is 4. The van der Waals surface area contributed by atoms with Gasteiger partial charge in [-0.25, -0.2) is 0 Å². The van der Waals surface area contributed by atoms with Crippen molar-refractivity contribution in [3.8, 4) is 11.5 Å². The highest BCUT2D eigenvalue weighted by molar-refractivity contribution is 6.30. The Hall–Kier alpha value is -1.55. The number of para-hydroxylation sites is 1. The third kappa shape index (κ3) is 2.82. The molecule has 18 heavy (non-hydrogen) atoms. The van der Waals surface area contributed by atoms with Gasteiger partial charge in [0.15, 0.2) is 0 Å². The van der Waals surface area contributed by atoms with Gasteiger partial charge in [-0.1, -0.05) is 29.8 Å². The summed E-state index contributed by atoms with van der Waals surface area (Å²) in [4.78, 5) is 0. The molecule has 0 unspecified atom stereocenters. The molecule has 0 aliphatic rings. The van der Waals surface area contributed by atoms with Crippen LogP contribution in [0.2, 0.25) is 5.02 Å². The number of hydrogen-bond acceptors (Lipinski definition) is 3. The summed E-state index contributed by atoms with van der Waals surface area (Å²) in [6.07, 6.45) is 0. The number of nitrogens with two attached hydrogens (primary N) is 1. The van der Waals surface area contributed by atoms with Crippen LogP contribution in [0.4, 0.5) is 0 Å². The summed E-state index contributed by atoms with van der Waals surface area (Å²) in [5, 5.41) is 9.86. The Morgan fingerprint density at radius 2 is 1.78 bits per heavy atom. The van der Waals surface area contributed by atoms with Crippen molar-refractivity contribution >= 4 is 11.6 Å². The van der Waals surface area contributed by atoms with Crippen molar-refractivity contribution in [2.45, 2.75) is 13.2 Å². The lowest BCUT2D eigenvalue weighted by atomic mass is 10.2. The smallest absolute Gasteiger partial charge is 0.132 e. The second-order valence-electron chi connectivity index (χ2n) is 3.82. The second-order valence-corrected chi connectivity index (χ2v) is 4.26. The standard InChI is InChI=1S/C14H14ClNO2/c15-12-5-6-14(11(7-12)8-16)18-13-4-2-1-3-10(13)9-17/h1-7,17H,8-9,16H2. The van der Waals surface area contributed by atoms with Crippen molar-refractivity contribution < 1.29 is 9.84 Å². The molecule has 0 amide bonds. The normalized spacial score (nSPS) is 10.4. The van der Waals surface area contributed by atoms with E-state index in [-0.39, 0.29) is 6.61 Å². The number of benzene rings is 2. The van der Waals surface area contributed by atoms with Crippen molar-refractivity contribution in [1.82, 2.24) is 0 Å². The molecule has 0 bridgehead atoms. The molecule has 0 aliphatic heterocycles. The van der Waals surface area contributed by atoms with Crippen LogP contribution in [0.25, 0.3) is 0 Å². The zero-order valence-corrected chi connectivity index (χ0v) is 10.5. The molecule has 0 saturated carbocycles. The molecule has 4 heteroatoms. The van der Waals surface area contributed by atoms with Gasteiger partial charge >= 0.3 is 0 Å². The molecular weight excluding hydrogens is 250 g/mol. The molecule has 0 heterocycles. The Morgan fingerprint density at radius 1 is 1.06 bits per heavy atom. The van der Waals surface area contributed by atoms with Crippen molar-refractivity contribution in [1.29, 1.82) is 0 Å². The van der Waals surface area contributed by atoms with E-state index in [1.54, 1.807) is 24.3 Å². The van der Waals surface area contributed by atoms with E-state index in [2.05, 4.69) is 0 Å². The molecule has 94 valence electrons. The minimum absolute atomic E-state index is 0.0677. The van der Waals surface area contributed by atoms with Crippen molar-refractivity contribution in [2.75, 3.05) is 0 Å². The topological polar surface area (TPSA) is 55.5 Å². The van der Waals surface area contributed by atoms with E-state index in [1.165, 1.54) is 0 Å². The number of hydrogen-bond donors (Lipinski definition) is 2. The lowest BCUT2D eigenvalue weighted by Crippen LogP contribution is -2.00. The van der Waals surface area contributed by atoms with Crippen molar-refractivity contribution in [3.05, 3.63) is 58.6 Å². The van der Waals surface area contributed by atoms with Gasteiger partial charge in [0.25, 0.3) is 0 Å². The molecule has 0 aromatic heterocycles. The Balaban J connectivity index is 2.33. The summed E-state index contributed by atoms with van der Waals surface area (Å²) in [5.74, 6) is 1.28. The molecule has 0 radical (unpaired) electrons. The van der Waals surface area contributed by atoms with E-state index < -0.39 is 0 Å². The lowest BCUT2D eigenvalue weighted by Gasteiger charge is -2.12. The van der Waals surface area contributed by atoms with Crippen LogP contribution in [0.1, 0.15) is 11.1 Å². The second kappa shape index (κ2) is 5.87. The zero-order chi connectivity index (χ0) is 13.0. The van der Waals surface area contributed by atoms with Crippen molar-refractivity contribution in [2.24, 2.45) is 5.73 Å². The minimum atomic E-state index is -0.0677. The quantitative estimate of drug-likeness (QED) is 0.891. The summed E-state index contributed by atoms with van der Waals surface area (Å²) < 4.78 is 5.78. The van der Waals surface area contributed by atoms with Gasteiger partial charge in [-0.3, -0.25) is 0 Å². The number of aliphatic hydroxyl groups is 1. The highest BCUT2D eigenvalue weighted by Gasteiger charge is 2.07. The first kappa shape index (κ1) is 12.9. The van der Waals surface area contributed by atoms with Gasteiger partial charge in [-0.05, 0) is 24.3 Å². The van der Waals surface area contributed by atoms with Gasteiger partial charge < -0.3 is 15.6 Å². The summed E-state index contributed by atoms with van der Waals surface area (Å²) in [5.41, 5.74) is 7.22. The Kier molecular flexibility index (Phi) is 4.20. The molecule has 2 aromatic carbocycles. The van der Waals surface area contributed by atoms with Gasteiger partial charge in [-0.15, -0.1) is 0 Å².